The zero-order chi connectivity index (χ0) is 13.5. The summed E-state index contributed by atoms with van der Waals surface area (Å²) in [7, 11) is 0. The standard InChI is InChI=1S/C13H15N5O/c14-6-9-16-12-3-1-2-11(18-12)13(19)17-10-4-7-15-8-5-10/h1-5,7-8H,6,9,14H2,(H,16,18)(H,15,17,19). The Morgan fingerprint density at radius 2 is 2.00 bits per heavy atom. The molecule has 0 fully saturated rings. The number of nitrogens with zero attached hydrogens (tertiary/aromatic N) is 2. The van der Waals surface area contributed by atoms with Gasteiger partial charge in [0.25, 0.3) is 5.91 Å². The zero-order valence-electron chi connectivity index (χ0n) is 10.3. The smallest absolute Gasteiger partial charge is 0.274 e. The van der Waals surface area contributed by atoms with Crippen molar-refractivity contribution in [3.8, 4) is 0 Å². The zero-order valence-corrected chi connectivity index (χ0v) is 10.3. The molecule has 4 N–H and O–H groups in total. The first-order valence-corrected chi connectivity index (χ1v) is 5.92. The number of hydrogen-bond acceptors (Lipinski definition) is 5. The van der Waals surface area contributed by atoms with E-state index in [1.54, 1.807) is 42.7 Å². The molecule has 1 amide bonds. The Morgan fingerprint density at radius 3 is 2.74 bits per heavy atom. The average molecular weight is 257 g/mol. The molecule has 0 aromatic carbocycles. The van der Waals surface area contributed by atoms with E-state index >= 15 is 0 Å². The molecule has 0 unspecified atom stereocenters. The molecular weight excluding hydrogens is 242 g/mol. The number of hydrogen-bond donors (Lipinski definition) is 3. The lowest BCUT2D eigenvalue weighted by Crippen LogP contribution is -2.17. The van der Waals surface area contributed by atoms with Gasteiger partial charge in [0.2, 0.25) is 0 Å². The van der Waals surface area contributed by atoms with E-state index in [-0.39, 0.29) is 5.91 Å². The van der Waals surface area contributed by atoms with Gasteiger partial charge in [0.05, 0.1) is 0 Å². The van der Waals surface area contributed by atoms with E-state index in [9.17, 15) is 4.79 Å². The van der Waals surface area contributed by atoms with Crippen molar-refractivity contribution in [3.05, 3.63) is 48.4 Å². The molecule has 19 heavy (non-hydrogen) atoms. The van der Waals surface area contributed by atoms with Crippen LogP contribution in [0.15, 0.2) is 42.7 Å². The Labute approximate surface area is 111 Å². The SMILES string of the molecule is NCCNc1cccc(C(=O)Nc2ccncc2)n1. The molecule has 0 aliphatic heterocycles. The molecule has 0 bridgehead atoms. The van der Waals surface area contributed by atoms with Gasteiger partial charge in [-0.3, -0.25) is 9.78 Å². The maximum absolute atomic E-state index is 12.0. The largest absolute Gasteiger partial charge is 0.369 e. The summed E-state index contributed by atoms with van der Waals surface area (Å²) >= 11 is 0. The van der Waals surface area contributed by atoms with Gasteiger partial charge in [0, 0.05) is 31.2 Å². The molecule has 0 aliphatic carbocycles. The predicted molar refractivity (Wildman–Crippen MR) is 74.0 cm³/mol. The number of rotatable bonds is 5. The molecule has 6 heteroatoms. The lowest BCUT2D eigenvalue weighted by molar-refractivity contribution is 0.102. The van der Waals surface area contributed by atoms with Crippen molar-refractivity contribution in [2.24, 2.45) is 5.73 Å². The molecule has 0 atom stereocenters. The van der Waals surface area contributed by atoms with E-state index in [4.69, 9.17) is 5.73 Å². The van der Waals surface area contributed by atoms with Crippen molar-refractivity contribution >= 4 is 17.4 Å². The molecule has 0 saturated heterocycles. The van der Waals surface area contributed by atoms with Crippen molar-refractivity contribution in [1.29, 1.82) is 0 Å². The van der Waals surface area contributed by atoms with Gasteiger partial charge in [-0.05, 0) is 24.3 Å². The summed E-state index contributed by atoms with van der Waals surface area (Å²) in [6.45, 7) is 1.12. The molecule has 0 saturated carbocycles. The van der Waals surface area contributed by atoms with Gasteiger partial charge in [0.15, 0.2) is 0 Å². The van der Waals surface area contributed by atoms with Crippen LogP contribution in [0.4, 0.5) is 11.5 Å². The molecule has 2 aromatic rings. The number of nitrogens with one attached hydrogen (secondary N) is 2. The van der Waals surface area contributed by atoms with Crippen LogP contribution >= 0.6 is 0 Å². The fourth-order valence-corrected chi connectivity index (χ4v) is 1.49. The fraction of sp³-hybridized carbons (Fsp3) is 0.154. The Bertz CT molecular complexity index is 544. The molecule has 2 rings (SSSR count). The first kappa shape index (κ1) is 13.0. The van der Waals surface area contributed by atoms with E-state index < -0.39 is 0 Å². The Kier molecular flexibility index (Phi) is 4.41. The fourth-order valence-electron chi connectivity index (χ4n) is 1.49. The summed E-state index contributed by atoms with van der Waals surface area (Å²) in [5.41, 5.74) is 6.43. The third-order valence-corrected chi connectivity index (χ3v) is 2.37. The van der Waals surface area contributed by atoms with Crippen LogP contribution in [0.5, 0.6) is 0 Å². The third kappa shape index (κ3) is 3.75. The van der Waals surface area contributed by atoms with Crippen LogP contribution in [-0.2, 0) is 0 Å². The van der Waals surface area contributed by atoms with Gasteiger partial charge in [-0.2, -0.15) is 0 Å². The maximum atomic E-state index is 12.0. The Morgan fingerprint density at radius 1 is 1.21 bits per heavy atom. The molecule has 98 valence electrons. The number of aromatic nitrogens is 2. The number of pyridine rings is 2. The van der Waals surface area contributed by atoms with E-state index in [1.165, 1.54) is 0 Å². The van der Waals surface area contributed by atoms with Crippen LogP contribution in [0.3, 0.4) is 0 Å². The molecule has 6 nitrogen and oxygen atoms in total. The van der Waals surface area contributed by atoms with E-state index in [0.29, 0.717) is 30.3 Å². The Balaban J connectivity index is 2.06. The maximum Gasteiger partial charge on any atom is 0.274 e. The van der Waals surface area contributed by atoms with Crippen LogP contribution in [0.2, 0.25) is 0 Å². The first-order chi connectivity index (χ1) is 9.29. The molecule has 0 spiro atoms. The monoisotopic (exact) mass is 257 g/mol. The first-order valence-electron chi connectivity index (χ1n) is 5.92. The number of anilines is 2. The average Bonchev–Trinajstić information content (AvgIpc) is 2.46. The van der Waals surface area contributed by atoms with Crippen LogP contribution in [0.1, 0.15) is 10.5 Å². The molecule has 0 radical (unpaired) electrons. The lowest BCUT2D eigenvalue weighted by Gasteiger charge is -2.07. The van der Waals surface area contributed by atoms with E-state index in [1.807, 2.05) is 0 Å². The van der Waals surface area contributed by atoms with Gasteiger partial charge in [-0.1, -0.05) is 6.07 Å². The van der Waals surface area contributed by atoms with Gasteiger partial charge < -0.3 is 16.4 Å². The summed E-state index contributed by atoms with van der Waals surface area (Å²) in [5.74, 6) is 0.371. The predicted octanol–water partition coefficient (Wildman–Crippen LogP) is 1.10. The second-order valence-electron chi connectivity index (χ2n) is 3.81. The summed E-state index contributed by atoms with van der Waals surface area (Å²) < 4.78 is 0. The Hall–Kier alpha value is -2.47. The highest BCUT2D eigenvalue weighted by molar-refractivity contribution is 6.03. The van der Waals surface area contributed by atoms with Crippen molar-refractivity contribution in [3.63, 3.8) is 0 Å². The minimum absolute atomic E-state index is 0.261. The molecule has 2 heterocycles. The number of amides is 1. The molecule has 0 aliphatic rings. The second-order valence-corrected chi connectivity index (χ2v) is 3.81. The van der Waals surface area contributed by atoms with Crippen LogP contribution in [0, 0.1) is 0 Å². The minimum atomic E-state index is -0.261. The second kappa shape index (κ2) is 6.46. The van der Waals surface area contributed by atoms with Gasteiger partial charge >= 0.3 is 0 Å². The normalized spacial score (nSPS) is 9.95. The lowest BCUT2D eigenvalue weighted by atomic mass is 10.3. The van der Waals surface area contributed by atoms with Crippen molar-refractivity contribution in [1.82, 2.24) is 9.97 Å². The summed E-state index contributed by atoms with van der Waals surface area (Å²) in [6, 6.07) is 8.65. The summed E-state index contributed by atoms with van der Waals surface area (Å²) in [6.07, 6.45) is 3.23. The molecular formula is C13H15N5O. The highest BCUT2D eigenvalue weighted by Gasteiger charge is 2.08. The number of carbonyl (C=O) groups excluding carboxylic acids is 1. The van der Waals surface area contributed by atoms with E-state index in [0.717, 1.165) is 0 Å². The number of carbonyl (C=O) groups is 1. The quantitative estimate of drug-likeness (QED) is 0.745. The third-order valence-electron chi connectivity index (χ3n) is 2.37. The van der Waals surface area contributed by atoms with Crippen molar-refractivity contribution < 1.29 is 4.79 Å². The summed E-state index contributed by atoms with van der Waals surface area (Å²) in [4.78, 5) is 20.1. The number of nitrogens with two attached hydrogens (primary N) is 1. The van der Waals surface area contributed by atoms with E-state index in [2.05, 4.69) is 20.6 Å². The topological polar surface area (TPSA) is 92.9 Å². The van der Waals surface area contributed by atoms with Crippen molar-refractivity contribution in [2.45, 2.75) is 0 Å². The highest BCUT2D eigenvalue weighted by atomic mass is 16.1. The summed E-state index contributed by atoms with van der Waals surface area (Å²) in [5, 5.41) is 5.77. The highest BCUT2D eigenvalue weighted by Crippen LogP contribution is 2.08. The van der Waals surface area contributed by atoms with Gasteiger partial charge in [-0.15, -0.1) is 0 Å². The van der Waals surface area contributed by atoms with Crippen LogP contribution < -0.4 is 16.4 Å². The van der Waals surface area contributed by atoms with Gasteiger partial charge in [-0.25, -0.2) is 4.98 Å². The minimum Gasteiger partial charge on any atom is -0.369 e. The van der Waals surface area contributed by atoms with Crippen molar-refractivity contribution in [2.75, 3.05) is 23.7 Å². The molecule has 2 aromatic heterocycles. The van der Waals surface area contributed by atoms with Crippen LogP contribution in [0.25, 0.3) is 0 Å². The van der Waals surface area contributed by atoms with Crippen LogP contribution in [-0.4, -0.2) is 29.0 Å². The van der Waals surface area contributed by atoms with Gasteiger partial charge in [0.1, 0.15) is 11.5 Å².